The largest absolute Gasteiger partial charge is 0.335 e. The SMILES string of the molecule is CC(C)N1CCC2(CCCN2C(=O)C2CC2(F)F)C1. The molecule has 2 unspecified atom stereocenters. The van der Waals surface area contributed by atoms with Crippen molar-refractivity contribution in [3.8, 4) is 0 Å². The van der Waals surface area contributed by atoms with E-state index < -0.39 is 11.8 Å². The van der Waals surface area contributed by atoms with Gasteiger partial charge in [-0.15, -0.1) is 0 Å². The van der Waals surface area contributed by atoms with E-state index in [-0.39, 0.29) is 17.9 Å². The lowest BCUT2D eigenvalue weighted by Crippen LogP contribution is -2.50. The van der Waals surface area contributed by atoms with Crippen LogP contribution in [0.5, 0.6) is 0 Å². The second kappa shape index (κ2) is 4.14. The van der Waals surface area contributed by atoms with Gasteiger partial charge in [-0.1, -0.05) is 0 Å². The third-order valence-corrected chi connectivity index (χ3v) is 5.08. The first-order chi connectivity index (χ1) is 8.86. The van der Waals surface area contributed by atoms with Crippen LogP contribution in [-0.2, 0) is 4.79 Å². The Kier molecular flexibility index (Phi) is 2.89. The zero-order chi connectivity index (χ0) is 13.8. The molecule has 0 aromatic rings. The molecular weight excluding hydrogens is 250 g/mol. The summed E-state index contributed by atoms with van der Waals surface area (Å²) in [7, 11) is 0. The highest BCUT2D eigenvalue weighted by Crippen LogP contribution is 2.51. The van der Waals surface area contributed by atoms with Crippen molar-refractivity contribution in [1.29, 1.82) is 0 Å². The van der Waals surface area contributed by atoms with Crippen LogP contribution in [0.4, 0.5) is 8.78 Å². The molecule has 2 saturated heterocycles. The molecule has 0 N–H and O–H groups in total. The summed E-state index contributed by atoms with van der Waals surface area (Å²) >= 11 is 0. The highest BCUT2D eigenvalue weighted by molar-refractivity contribution is 5.84. The number of amides is 1. The molecule has 1 aliphatic carbocycles. The van der Waals surface area contributed by atoms with E-state index in [1.54, 1.807) is 4.90 Å². The van der Waals surface area contributed by atoms with E-state index in [2.05, 4.69) is 18.7 Å². The van der Waals surface area contributed by atoms with Crippen LogP contribution in [0.15, 0.2) is 0 Å². The smallest absolute Gasteiger partial charge is 0.260 e. The average Bonchev–Trinajstić information content (AvgIpc) is 2.75. The minimum Gasteiger partial charge on any atom is -0.335 e. The zero-order valence-corrected chi connectivity index (χ0v) is 11.7. The van der Waals surface area contributed by atoms with E-state index in [1.807, 2.05) is 0 Å². The molecule has 19 heavy (non-hydrogen) atoms. The van der Waals surface area contributed by atoms with Crippen LogP contribution in [0.1, 0.15) is 39.5 Å². The molecule has 0 radical (unpaired) electrons. The van der Waals surface area contributed by atoms with Gasteiger partial charge in [0.15, 0.2) is 0 Å². The summed E-state index contributed by atoms with van der Waals surface area (Å²) in [5.74, 6) is -4.07. The summed E-state index contributed by atoms with van der Waals surface area (Å²) in [4.78, 5) is 16.4. The predicted octanol–water partition coefficient (Wildman–Crippen LogP) is 2.12. The number of carbonyl (C=O) groups excluding carboxylic acids is 1. The third-order valence-electron chi connectivity index (χ3n) is 5.08. The summed E-state index contributed by atoms with van der Waals surface area (Å²) in [5, 5.41) is 0. The van der Waals surface area contributed by atoms with E-state index in [0.29, 0.717) is 12.6 Å². The van der Waals surface area contributed by atoms with Crippen molar-refractivity contribution in [2.45, 2.75) is 57.0 Å². The maximum absolute atomic E-state index is 13.1. The fourth-order valence-corrected chi connectivity index (χ4v) is 3.70. The zero-order valence-electron chi connectivity index (χ0n) is 11.7. The van der Waals surface area contributed by atoms with Crippen LogP contribution < -0.4 is 0 Å². The molecule has 2 aliphatic heterocycles. The van der Waals surface area contributed by atoms with Crippen molar-refractivity contribution in [2.75, 3.05) is 19.6 Å². The van der Waals surface area contributed by atoms with Crippen LogP contribution in [0.25, 0.3) is 0 Å². The number of likely N-dealkylation sites (tertiary alicyclic amines) is 2. The molecule has 1 saturated carbocycles. The van der Waals surface area contributed by atoms with Crippen molar-refractivity contribution in [3.05, 3.63) is 0 Å². The van der Waals surface area contributed by atoms with Crippen LogP contribution in [-0.4, -0.2) is 52.8 Å². The molecule has 3 rings (SSSR count). The number of alkyl halides is 2. The monoisotopic (exact) mass is 272 g/mol. The number of halogens is 2. The lowest BCUT2D eigenvalue weighted by atomic mass is 9.94. The molecule has 0 bridgehead atoms. The van der Waals surface area contributed by atoms with Gasteiger partial charge in [0.1, 0.15) is 5.92 Å². The molecule has 2 atom stereocenters. The lowest BCUT2D eigenvalue weighted by molar-refractivity contribution is -0.138. The van der Waals surface area contributed by atoms with Gasteiger partial charge in [0.05, 0.1) is 5.54 Å². The highest BCUT2D eigenvalue weighted by Gasteiger charge is 2.64. The van der Waals surface area contributed by atoms with Gasteiger partial charge in [-0.2, -0.15) is 0 Å². The number of hydrogen-bond donors (Lipinski definition) is 0. The van der Waals surface area contributed by atoms with Gasteiger partial charge >= 0.3 is 0 Å². The van der Waals surface area contributed by atoms with Crippen LogP contribution >= 0.6 is 0 Å². The van der Waals surface area contributed by atoms with Crippen LogP contribution in [0, 0.1) is 5.92 Å². The molecule has 1 amide bonds. The summed E-state index contributed by atoms with van der Waals surface area (Å²) in [6, 6.07) is 0.458. The molecule has 2 heterocycles. The Balaban J connectivity index is 1.74. The Morgan fingerprint density at radius 1 is 1.26 bits per heavy atom. The van der Waals surface area contributed by atoms with Gasteiger partial charge in [-0.3, -0.25) is 9.69 Å². The fraction of sp³-hybridized carbons (Fsp3) is 0.929. The number of rotatable bonds is 2. The summed E-state index contributed by atoms with van der Waals surface area (Å²) in [6.07, 6.45) is 2.62. The van der Waals surface area contributed by atoms with Gasteiger partial charge in [0.25, 0.3) is 5.92 Å². The minimum atomic E-state index is -2.74. The summed E-state index contributed by atoms with van der Waals surface area (Å²) < 4.78 is 26.2. The standard InChI is InChI=1S/C14H22F2N2O/c1-10(2)17-7-5-13(9-17)4-3-6-18(13)12(19)11-8-14(11,15)16/h10-11H,3-9H2,1-2H3. The van der Waals surface area contributed by atoms with E-state index in [0.717, 1.165) is 32.4 Å². The first-order valence-electron chi connectivity index (χ1n) is 7.29. The third kappa shape index (κ3) is 2.06. The van der Waals surface area contributed by atoms with Crippen LogP contribution in [0.3, 0.4) is 0 Å². The molecule has 3 nitrogen and oxygen atoms in total. The Bertz CT molecular complexity index is 399. The number of nitrogens with zero attached hydrogens (tertiary/aromatic N) is 2. The number of hydrogen-bond acceptors (Lipinski definition) is 2. The average molecular weight is 272 g/mol. The molecule has 3 fully saturated rings. The van der Waals surface area contributed by atoms with Gasteiger partial charge in [0.2, 0.25) is 5.91 Å². The second-order valence-electron chi connectivity index (χ2n) is 6.65. The molecule has 3 aliphatic rings. The van der Waals surface area contributed by atoms with Crippen LogP contribution in [0.2, 0.25) is 0 Å². The minimum absolute atomic E-state index is 0.153. The normalized spacial score (nSPS) is 37.5. The van der Waals surface area contributed by atoms with E-state index in [1.165, 1.54) is 0 Å². The fourth-order valence-electron chi connectivity index (χ4n) is 3.70. The van der Waals surface area contributed by atoms with Gasteiger partial charge < -0.3 is 4.90 Å². The summed E-state index contributed by atoms with van der Waals surface area (Å²) in [5.41, 5.74) is -0.153. The maximum atomic E-state index is 13.1. The Morgan fingerprint density at radius 3 is 2.47 bits per heavy atom. The van der Waals surface area contributed by atoms with E-state index >= 15 is 0 Å². The van der Waals surface area contributed by atoms with Crippen molar-refractivity contribution < 1.29 is 13.6 Å². The topological polar surface area (TPSA) is 23.6 Å². The Morgan fingerprint density at radius 2 is 1.95 bits per heavy atom. The highest BCUT2D eigenvalue weighted by atomic mass is 19.3. The van der Waals surface area contributed by atoms with Crippen molar-refractivity contribution in [2.24, 2.45) is 5.92 Å². The van der Waals surface area contributed by atoms with Crippen molar-refractivity contribution in [1.82, 2.24) is 9.80 Å². The maximum Gasteiger partial charge on any atom is 0.260 e. The van der Waals surface area contributed by atoms with Gasteiger partial charge in [-0.05, 0) is 33.1 Å². The Hall–Kier alpha value is -0.710. The molecule has 1 spiro atoms. The van der Waals surface area contributed by atoms with Gasteiger partial charge in [0, 0.05) is 32.1 Å². The lowest BCUT2D eigenvalue weighted by Gasteiger charge is -2.36. The molecule has 5 heteroatoms. The first-order valence-corrected chi connectivity index (χ1v) is 7.29. The van der Waals surface area contributed by atoms with Crippen molar-refractivity contribution in [3.63, 3.8) is 0 Å². The first kappa shape index (κ1) is 13.3. The quantitative estimate of drug-likeness (QED) is 0.768. The molecular formula is C14H22F2N2O. The molecule has 0 aromatic carbocycles. The summed E-state index contributed by atoms with van der Waals surface area (Å²) in [6.45, 7) is 6.79. The van der Waals surface area contributed by atoms with Crippen molar-refractivity contribution >= 4 is 5.91 Å². The number of carbonyl (C=O) groups is 1. The second-order valence-corrected chi connectivity index (χ2v) is 6.65. The van der Waals surface area contributed by atoms with Gasteiger partial charge in [-0.25, -0.2) is 8.78 Å². The Labute approximate surface area is 112 Å². The predicted molar refractivity (Wildman–Crippen MR) is 68.1 cm³/mol. The molecule has 108 valence electrons. The van der Waals surface area contributed by atoms with E-state index in [9.17, 15) is 13.6 Å². The molecule has 0 aromatic heterocycles. The van der Waals surface area contributed by atoms with E-state index in [4.69, 9.17) is 0 Å².